The summed E-state index contributed by atoms with van der Waals surface area (Å²) in [7, 11) is 0. The van der Waals surface area contributed by atoms with Crippen molar-refractivity contribution in [3.05, 3.63) is 32.7 Å². The molecular formula is C15H17Br2NO3. The topological polar surface area (TPSA) is 57.6 Å². The maximum atomic E-state index is 12.8. The first-order chi connectivity index (χ1) is 9.99. The summed E-state index contributed by atoms with van der Waals surface area (Å²) in [6.07, 6.45) is 3.53. The predicted octanol–water partition coefficient (Wildman–Crippen LogP) is 4.07. The normalized spacial score (nSPS) is 18.6. The fourth-order valence-corrected chi connectivity index (χ4v) is 3.45. The Balaban J connectivity index is 2.18. The van der Waals surface area contributed by atoms with Crippen molar-refractivity contribution in [2.24, 2.45) is 0 Å². The van der Waals surface area contributed by atoms with E-state index in [-0.39, 0.29) is 18.4 Å². The molecule has 2 rings (SSSR count). The molecule has 1 saturated heterocycles. The molecule has 0 spiro atoms. The summed E-state index contributed by atoms with van der Waals surface area (Å²) in [5.41, 5.74) is 0.617. The van der Waals surface area contributed by atoms with Gasteiger partial charge in [-0.1, -0.05) is 15.9 Å². The van der Waals surface area contributed by atoms with Gasteiger partial charge in [0.15, 0.2) is 0 Å². The molecule has 4 nitrogen and oxygen atoms in total. The Labute approximate surface area is 140 Å². The Morgan fingerprint density at radius 3 is 2.76 bits per heavy atom. The number of carbonyl (C=O) groups is 2. The van der Waals surface area contributed by atoms with Crippen molar-refractivity contribution in [1.82, 2.24) is 4.90 Å². The number of halogens is 2. The number of benzene rings is 1. The van der Waals surface area contributed by atoms with Gasteiger partial charge in [-0.2, -0.15) is 0 Å². The number of piperidine rings is 1. The molecule has 1 unspecified atom stereocenters. The molecule has 1 aliphatic rings. The summed E-state index contributed by atoms with van der Waals surface area (Å²) < 4.78 is 1.62. The molecule has 1 N–H and O–H groups in total. The van der Waals surface area contributed by atoms with E-state index < -0.39 is 5.97 Å². The van der Waals surface area contributed by atoms with Crippen LogP contribution in [0, 0.1) is 0 Å². The zero-order valence-electron chi connectivity index (χ0n) is 11.5. The van der Waals surface area contributed by atoms with Crippen LogP contribution >= 0.6 is 31.9 Å². The van der Waals surface area contributed by atoms with Gasteiger partial charge in [-0.3, -0.25) is 9.59 Å². The van der Waals surface area contributed by atoms with Crippen LogP contribution in [0.1, 0.15) is 42.5 Å². The molecule has 0 aromatic heterocycles. The predicted molar refractivity (Wildman–Crippen MR) is 87.4 cm³/mol. The highest BCUT2D eigenvalue weighted by Gasteiger charge is 2.28. The summed E-state index contributed by atoms with van der Waals surface area (Å²) in [5.74, 6) is -0.838. The Kier molecular flexibility index (Phi) is 5.81. The Bertz CT molecular complexity index is 548. The first-order valence-electron chi connectivity index (χ1n) is 6.97. The molecule has 1 heterocycles. The number of hydrogen-bond donors (Lipinski definition) is 1. The third-order valence-corrected chi connectivity index (χ3v) is 4.92. The van der Waals surface area contributed by atoms with Crippen molar-refractivity contribution in [3.8, 4) is 0 Å². The molecule has 114 valence electrons. The van der Waals surface area contributed by atoms with Crippen molar-refractivity contribution >= 4 is 43.7 Å². The number of likely N-dealkylation sites (tertiary alicyclic amines) is 1. The number of carboxylic acid groups (broad SMARTS) is 1. The highest BCUT2D eigenvalue weighted by Crippen LogP contribution is 2.27. The Hall–Kier alpha value is -0.880. The van der Waals surface area contributed by atoms with Crippen LogP contribution in [0.15, 0.2) is 27.1 Å². The van der Waals surface area contributed by atoms with Gasteiger partial charge in [-0.15, -0.1) is 0 Å². The van der Waals surface area contributed by atoms with Crippen LogP contribution in [0.4, 0.5) is 0 Å². The van der Waals surface area contributed by atoms with Gasteiger partial charge in [0.1, 0.15) is 0 Å². The zero-order valence-corrected chi connectivity index (χ0v) is 14.7. The summed E-state index contributed by atoms with van der Waals surface area (Å²) in [4.78, 5) is 25.4. The minimum atomic E-state index is -0.809. The maximum Gasteiger partial charge on any atom is 0.303 e. The average Bonchev–Trinajstić information content (AvgIpc) is 2.47. The SMILES string of the molecule is O=C(O)CCC1CCCCN1C(=O)c1cc(Br)ccc1Br. The second-order valence-electron chi connectivity index (χ2n) is 5.20. The van der Waals surface area contributed by atoms with E-state index in [4.69, 9.17) is 5.11 Å². The number of amides is 1. The van der Waals surface area contributed by atoms with Crippen LogP contribution in [0.3, 0.4) is 0 Å². The van der Waals surface area contributed by atoms with Gasteiger partial charge in [-0.05, 0) is 59.8 Å². The van der Waals surface area contributed by atoms with E-state index >= 15 is 0 Å². The fraction of sp³-hybridized carbons (Fsp3) is 0.467. The first-order valence-corrected chi connectivity index (χ1v) is 8.55. The maximum absolute atomic E-state index is 12.8. The van der Waals surface area contributed by atoms with Gasteiger partial charge in [0.05, 0.1) is 5.56 Å². The highest BCUT2D eigenvalue weighted by atomic mass is 79.9. The van der Waals surface area contributed by atoms with Crippen LogP contribution in [0.2, 0.25) is 0 Å². The first kappa shape index (κ1) is 16.5. The van der Waals surface area contributed by atoms with Gasteiger partial charge in [0, 0.05) is 28.0 Å². The van der Waals surface area contributed by atoms with E-state index in [9.17, 15) is 9.59 Å². The fourth-order valence-electron chi connectivity index (χ4n) is 2.67. The van der Waals surface area contributed by atoms with Crippen molar-refractivity contribution in [2.45, 2.75) is 38.1 Å². The second kappa shape index (κ2) is 7.40. The molecular weight excluding hydrogens is 402 g/mol. The van der Waals surface area contributed by atoms with E-state index in [1.807, 2.05) is 17.0 Å². The van der Waals surface area contributed by atoms with Crippen LogP contribution in [-0.4, -0.2) is 34.5 Å². The van der Waals surface area contributed by atoms with E-state index in [1.54, 1.807) is 6.07 Å². The third-order valence-electron chi connectivity index (χ3n) is 3.74. The standard InChI is InChI=1S/C15H17Br2NO3/c16-10-4-6-13(17)12(9-10)15(21)18-8-2-1-3-11(18)5-7-14(19)20/h4,6,9,11H,1-3,5,7-8H2,(H,19,20). The number of carboxylic acids is 1. The van der Waals surface area contributed by atoms with Gasteiger partial charge >= 0.3 is 5.97 Å². The average molecular weight is 419 g/mol. The van der Waals surface area contributed by atoms with Gasteiger partial charge in [0.2, 0.25) is 0 Å². The lowest BCUT2D eigenvalue weighted by atomic mass is 9.97. The largest absolute Gasteiger partial charge is 0.481 e. The second-order valence-corrected chi connectivity index (χ2v) is 6.97. The molecule has 6 heteroatoms. The molecule has 1 aromatic rings. The lowest BCUT2D eigenvalue weighted by Crippen LogP contribution is -2.44. The van der Waals surface area contributed by atoms with Crippen LogP contribution in [0.25, 0.3) is 0 Å². The van der Waals surface area contributed by atoms with E-state index in [2.05, 4.69) is 31.9 Å². The zero-order chi connectivity index (χ0) is 15.4. The van der Waals surface area contributed by atoms with Crippen molar-refractivity contribution < 1.29 is 14.7 Å². The van der Waals surface area contributed by atoms with E-state index in [1.165, 1.54) is 0 Å². The van der Waals surface area contributed by atoms with Crippen molar-refractivity contribution in [1.29, 1.82) is 0 Å². The van der Waals surface area contributed by atoms with Crippen molar-refractivity contribution in [2.75, 3.05) is 6.54 Å². The van der Waals surface area contributed by atoms with E-state index in [0.717, 1.165) is 28.2 Å². The number of rotatable bonds is 4. The van der Waals surface area contributed by atoms with Crippen LogP contribution in [0.5, 0.6) is 0 Å². The van der Waals surface area contributed by atoms with Gasteiger partial charge in [0.25, 0.3) is 5.91 Å². The van der Waals surface area contributed by atoms with E-state index in [0.29, 0.717) is 18.5 Å². The smallest absolute Gasteiger partial charge is 0.303 e. The Morgan fingerprint density at radius 2 is 2.05 bits per heavy atom. The molecule has 0 bridgehead atoms. The minimum Gasteiger partial charge on any atom is -0.481 e. The molecule has 1 aliphatic heterocycles. The third kappa shape index (κ3) is 4.30. The summed E-state index contributed by atoms with van der Waals surface area (Å²) in [5, 5.41) is 8.85. The summed E-state index contributed by atoms with van der Waals surface area (Å²) in [6.45, 7) is 0.697. The number of hydrogen-bond acceptors (Lipinski definition) is 2. The number of aliphatic carboxylic acids is 1. The molecule has 1 fully saturated rings. The Morgan fingerprint density at radius 1 is 1.29 bits per heavy atom. The monoisotopic (exact) mass is 417 g/mol. The molecule has 1 atom stereocenters. The highest BCUT2D eigenvalue weighted by molar-refractivity contribution is 9.11. The number of nitrogens with zero attached hydrogens (tertiary/aromatic N) is 1. The van der Waals surface area contributed by atoms with Gasteiger partial charge < -0.3 is 10.0 Å². The van der Waals surface area contributed by atoms with Gasteiger partial charge in [-0.25, -0.2) is 0 Å². The van der Waals surface area contributed by atoms with Crippen LogP contribution < -0.4 is 0 Å². The minimum absolute atomic E-state index is 0.0215. The van der Waals surface area contributed by atoms with Crippen LogP contribution in [-0.2, 0) is 4.79 Å². The number of carbonyl (C=O) groups excluding carboxylic acids is 1. The molecule has 1 aromatic carbocycles. The molecule has 0 aliphatic carbocycles. The molecule has 21 heavy (non-hydrogen) atoms. The van der Waals surface area contributed by atoms with Crippen molar-refractivity contribution in [3.63, 3.8) is 0 Å². The summed E-state index contributed by atoms with van der Waals surface area (Å²) >= 11 is 6.80. The lowest BCUT2D eigenvalue weighted by molar-refractivity contribution is -0.137. The summed E-state index contributed by atoms with van der Waals surface area (Å²) in [6, 6.07) is 5.54. The molecule has 1 amide bonds. The molecule has 0 radical (unpaired) electrons. The lowest BCUT2D eigenvalue weighted by Gasteiger charge is -2.36. The quantitative estimate of drug-likeness (QED) is 0.801. The molecule has 0 saturated carbocycles.